The number of rotatable bonds is 10. The zero-order valence-electron chi connectivity index (χ0n) is 17.2. The van der Waals surface area contributed by atoms with Gasteiger partial charge in [-0.15, -0.1) is 0 Å². The normalized spacial score (nSPS) is 11.4. The van der Waals surface area contributed by atoms with Crippen LogP contribution in [0.25, 0.3) is 6.08 Å². The molecular formula is C23H25NO6. The second-order valence-corrected chi connectivity index (χ2v) is 6.14. The minimum absolute atomic E-state index is 0.416. The molecule has 7 heteroatoms. The molecule has 0 radical (unpaired) electrons. The molecule has 1 amide bonds. The Morgan fingerprint density at radius 1 is 1.07 bits per heavy atom. The Morgan fingerprint density at radius 2 is 1.77 bits per heavy atom. The minimum Gasteiger partial charge on any atom is -0.497 e. The standard InChI is InChI=1S/C23H25NO6/c1-5-14-29-18-9-6-17(7-10-18)8-13-22(25)30-16(2)23(26)24-20-15-19(27-3)11-12-21(20)28-4/h5-13,15-16H,1,14H2,2-4H3,(H,24,26)/b13-8+. The first-order valence-corrected chi connectivity index (χ1v) is 9.22. The van der Waals surface area contributed by atoms with Gasteiger partial charge in [0.05, 0.1) is 19.9 Å². The molecule has 0 aliphatic heterocycles. The summed E-state index contributed by atoms with van der Waals surface area (Å²) in [6.45, 7) is 5.50. The third-order valence-corrected chi connectivity index (χ3v) is 3.99. The van der Waals surface area contributed by atoms with Crippen molar-refractivity contribution in [2.75, 3.05) is 26.1 Å². The second-order valence-electron chi connectivity index (χ2n) is 6.14. The molecule has 0 saturated carbocycles. The highest BCUT2D eigenvalue weighted by Gasteiger charge is 2.18. The van der Waals surface area contributed by atoms with Gasteiger partial charge in [0.2, 0.25) is 0 Å². The molecular weight excluding hydrogens is 386 g/mol. The van der Waals surface area contributed by atoms with Gasteiger partial charge in [-0.1, -0.05) is 24.8 Å². The summed E-state index contributed by atoms with van der Waals surface area (Å²) >= 11 is 0. The van der Waals surface area contributed by atoms with Gasteiger partial charge in [0.15, 0.2) is 6.10 Å². The van der Waals surface area contributed by atoms with Crippen molar-refractivity contribution in [2.45, 2.75) is 13.0 Å². The zero-order chi connectivity index (χ0) is 21.9. The van der Waals surface area contributed by atoms with Crippen LogP contribution in [-0.2, 0) is 14.3 Å². The maximum atomic E-state index is 12.4. The molecule has 2 rings (SSSR count). The first-order chi connectivity index (χ1) is 14.5. The van der Waals surface area contributed by atoms with E-state index >= 15 is 0 Å². The summed E-state index contributed by atoms with van der Waals surface area (Å²) in [7, 11) is 3.01. The van der Waals surface area contributed by atoms with Gasteiger partial charge < -0.3 is 24.3 Å². The summed E-state index contributed by atoms with van der Waals surface area (Å²) in [5, 5.41) is 2.67. The summed E-state index contributed by atoms with van der Waals surface area (Å²) in [5.41, 5.74) is 1.20. The third-order valence-electron chi connectivity index (χ3n) is 3.99. The van der Waals surface area contributed by atoms with E-state index in [0.717, 1.165) is 5.56 Å². The molecule has 1 atom stereocenters. The monoisotopic (exact) mass is 411 g/mol. The highest BCUT2D eigenvalue weighted by Crippen LogP contribution is 2.29. The lowest BCUT2D eigenvalue weighted by molar-refractivity contribution is -0.148. The van der Waals surface area contributed by atoms with Crippen LogP contribution >= 0.6 is 0 Å². The predicted molar refractivity (Wildman–Crippen MR) is 115 cm³/mol. The number of carbonyl (C=O) groups is 2. The number of nitrogens with one attached hydrogen (secondary N) is 1. The van der Waals surface area contributed by atoms with Gasteiger partial charge in [0.25, 0.3) is 5.91 Å². The molecule has 2 aromatic rings. The van der Waals surface area contributed by atoms with Crippen LogP contribution in [0.5, 0.6) is 17.2 Å². The Hall–Kier alpha value is -3.74. The topological polar surface area (TPSA) is 83.1 Å². The Morgan fingerprint density at radius 3 is 2.40 bits per heavy atom. The van der Waals surface area contributed by atoms with E-state index in [-0.39, 0.29) is 0 Å². The third kappa shape index (κ3) is 6.70. The van der Waals surface area contributed by atoms with Gasteiger partial charge in [-0.2, -0.15) is 0 Å². The molecule has 30 heavy (non-hydrogen) atoms. The van der Waals surface area contributed by atoms with Gasteiger partial charge in [-0.25, -0.2) is 4.79 Å². The van der Waals surface area contributed by atoms with Crippen LogP contribution < -0.4 is 19.5 Å². The Kier molecular flexibility index (Phi) is 8.50. The number of amides is 1. The number of esters is 1. The van der Waals surface area contributed by atoms with Crippen molar-refractivity contribution < 1.29 is 28.5 Å². The molecule has 0 aliphatic rings. The van der Waals surface area contributed by atoms with Crippen molar-refractivity contribution in [1.82, 2.24) is 0 Å². The average Bonchev–Trinajstić information content (AvgIpc) is 2.76. The molecule has 1 N–H and O–H groups in total. The molecule has 0 aliphatic carbocycles. The fourth-order valence-corrected chi connectivity index (χ4v) is 2.41. The van der Waals surface area contributed by atoms with E-state index in [2.05, 4.69) is 11.9 Å². The lowest BCUT2D eigenvalue weighted by Gasteiger charge is -2.15. The molecule has 0 heterocycles. The number of ether oxygens (including phenoxy) is 4. The second kappa shape index (κ2) is 11.3. The van der Waals surface area contributed by atoms with Crippen LogP contribution in [0.15, 0.2) is 61.2 Å². The first kappa shape index (κ1) is 22.5. The van der Waals surface area contributed by atoms with Gasteiger partial charge >= 0.3 is 5.97 Å². The van der Waals surface area contributed by atoms with E-state index in [4.69, 9.17) is 18.9 Å². The van der Waals surface area contributed by atoms with E-state index in [1.807, 2.05) is 0 Å². The molecule has 158 valence electrons. The smallest absolute Gasteiger partial charge is 0.331 e. The Bertz CT molecular complexity index is 904. The molecule has 0 aromatic heterocycles. The molecule has 2 aromatic carbocycles. The highest BCUT2D eigenvalue weighted by atomic mass is 16.5. The Labute approximate surface area is 175 Å². The summed E-state index contributed by atoms with van der Waals surface area (Å²) in [5.74, 6) is 0.588. The van der Waals surface area contributed by atoms with Crippen molar-refractivity contribution in [3.05, 3.63) is 66.8 Å². The molecule has 0 fully saturated rings. The molecule has 0 bridgehead atoms. The lowest BCUT2D eigenvalue weighted by Crippen LogP contribution is -2.29. The number of methoxy groups -OCH3 is 2. The van der Waals surface area contributed by atoms with Crippen molar-refractivity contribution in [1.29, 1.82) is 0 Å². The first-order valence-electron chi connectivity index (χ1n) is 9.22. The predicted octanol–water partition coefficient (Wildman–Crippen LogP) is 3.85. The Balaban J connectivity index is 1.92. The molecule has 7 nitrogen and oxygen atoms in total. The maximum absolute atomic E-state index is 12.4. The summed E-state index contributed by atoms with van der Waals surface area (Å²) in [6.07, 6.45) is 3.50. The highest BCUT2D eigenvalue weighted by molar-refractivity contribution is 5.97. The van der Waals surface area contributed by atoms with Gasteiger partial charge in [0, 0.05) is 12.1 Å². The van der Waals surface area contributed by atoms with Crippen molar-refractivity contribution in [3.63, 3.8) is 0 Å². The van der Waals surface area contributed by atoms with E-state index < -0.39 is 18.0 Å². The minimum atomic E-state index is -1.01. The molecule has 0 saturated heterocycles. The fraction of sp³-hybridized carbons (Fsp3) is 0.217. The van der Waals surface area contributed by atoms with Crippen LogP contribution in [0.3, 0.4) is 0 Å². The summed E-state index contributed by atoms with van der Waals surface area (Å²) in [6, 6.07) is 12.2. The van der Waals surface area contributed by atoms with E-state index in [1.165, 1.54) is 27.2 Å². The van der Waals surface area contributed by atoms with Crippen LogP contribution in [0.1, 0.15) is 12.5 Å². The number of hydrogen-bond donors (Lipinski definition) is 1. The van der Waals surface area contributed by atoms with Gasteiger partial charge in [-0.3, -0.25) is 4.79 Å². The average molecular weight is 411 g/mol. The maximum Gasteiger partial charge on any atom is 0.331 e. The molecule has 1 unspecified atom stereocenters. The van der Waals surface area contributed by atoms with Gasteiger partial charge in [0.1, 0.15) is 23.9 Å². The van der Waals surface area contributed by atoms with Crippen LogP contribution in [0.2, 0.25) is 0 Å². The van der Waals surface area contributed by atoms with Crippen molar-refractivity contribution in [2.24, 2.45) is 0 Å². The van der Waals surface area contributed by atoms with Crippen LogP contribution in [0, 0.1) is 0 Å². The van der Waals surface area contributed by atoms with Crippen molar-refractivity contribution >= 4 is 23.6 Å². The van der Waals surface area contributed by atoms with Crippen molar-refractivity contribution in [3.8, 4) is 17.2 Å². The number of hydrogen-bond acceptors (Lipinski definition) is 6. The SMILES string of the molecule is C=CCOc1ccc(/C=C/C(=O)OC(C)C(=O)Nc2cc(OC)ccc2OC)cc1. The lowest BCUT2D eigenvalue weighted by atomic mass is 10.2. The van der Waals surface area contributed by atoms with Crippen LogP contribution in [-0.4, -0.2) is 38.8 Å². The number of anilines is 1. The quantitative estimate of drug-likeness (QED) is 0.363. The van der Waals surface area contributed by atoms with E-state index in [9.17, 15) is 9.59 Å². The van der Waals surface area contributed by atoms with Crippen LogP contribution in [0.4, 0.5) is 5.69 Å². The van der Waals surface area contributed by atoms with E-state index in [1.54, 1.807) is 54.6 Å². The van der Waals surface area contributed by atoms with E-state index in [0.29, 0.717) is 29.5 Å². The summed E-state index contributed by atoms with van der Waals surface area (Å²) < 4.78 is 20.9. The summed E-state index contributed by atoms with van der Waals surface area (Å²) in [4.78, 5) is 24.4. The zero-order valence-corrected chi connectivity index (χ0v) is 17.2. The largest absolute Gasteiger partial charge is 0.497 e. The number of benzene rings is 2. The van der Waals surface area contributed by atoms with Gasteiger partial charge in [-0.05, 0) is 42.8 Å². The number of carbonyl (C=O) groups excluding carboxylic acids is 2. The fourth-order valence-electron chi connectivity index (χ4n) is 2.41. The molecule has 0 spiro atoms.